The molecule has 0 radical (unpaired) electrons. The van der Waals surface area contributed by atoms with E-state index < -0.39 is 0 Å². The van der Waals surface area contributed by atoms with Crippen LogP contribution in [0.1, 0.15) is 5.56 Å². The van der Waals surface area contributed by atoms with E-state index in [9.17, 15) is 0 Å². The highest BCUT2D eigenvalue weighted by Crippen LogP contribution is 2.12. The Morgan fingerprint density at radius 3 is 2.76 bits per heavy atom. The lowest BCUT2D eigenvalue weighted by Gasteiger charge is -2.03. The van der Waals surface area contributed by atoms with Crippen molar-refractivity contribution in [3.8, 4) is 0 Å². The summed E-state index contributed by atoms with van der Waals surface area (Å²) in [7, 11) is 0. The van der Waals surface area contributed by atoms with Crippen molar-refractivity contribution in [3.05, 3.63) is 46.7 Å². The molecule has 2 rings (SSSR count). The zero-order valence-corrected chi connectivity index (χ0v) is 10.9. The van der Waals surface area contributed by atoms with Gasteiger partial charge < -0.3 is 10.4 Å². The quantitative estimate of drug-likeness (QED) is 0.889. The minimum atomic E-state index is 0.105. The second-order valence-corrected chi connectivity index (χ2v) is 4.61. The smallest absolute Gasteiger partial charge is 0.0729 e. The molecular formula is C12H14BrN3O. The fraction of sp³-hybridized carbons (Fsp3) is 0.250. The molecular weight excluding hydrogens is 282 g/mol. The standard InChI is InChI=1S/C12H14BrN3O/c13-11-3-1-10(2-4-11)7-14-12-8-15-16(9-12)5-6-17/h1-4,8-9,14,17H,5-7H2. The van der Waals surface area contributed by atoms with Crippen LogP contribution in [-0.4, -0.2) is 21.5 Å². The summed E-state index contributed by atoms with van der Waals surface area (Å²) in [4.78, 5) is 0. The first-order valence-corrected chi connectivity index (χ1v) is 6.19. The number of anilines is 1. The normalized spacial score (nSPS) is 10.5. The van der Waals surface area contributed by atoms with Crippen molar-refractivity contribution in [2.45, 2.75) is 13.1 Å². The van der Waals surface area contributed by atoms with Crippen molar-refractivity contribution >= 4 is 21.6 Å². The van der Waals surface area contributed by atoms with Crippen molar-refractivity contribution in [1.82, 2.24) is 9.78 Å². The molecule has 0 bridgehead atoms. The van der Waals surface area contributed by atoms with Crippen LogP contribution in [0.4, 0.5) is 5.69 Å². The van der Waals surface area contributed by atoms with Gasteiger partial charge in [0.1, 0.15) is 0 Å². The molecule has 2 N–H and O–H groups in total. The lowest BCUT2D eigenvalue weighted by atomic mass is 10.2. The Kier molecular flexibility index (Phi) is 4.17. The maximum absolute atomic E-state index is 8.78. The van der Waals surface area contributed by atoms with Gasteiger partial charge in [-0.25, -0.2) is 0 Å². The van der Waals surface area contributed by atoms with Gasteiger partial charge in [0.25, 0.3) is 0 Å². The summed E-state index contributed by atoms with van der Waals surface area (Å²) < 4.78 is 2.79. The molecule has 1 aromatic heterocycles. The van der Waals surface area contributed by atoms with Gasteiger partial charge >= 0.3 is 0 Å². The van der Waals surface area contributed by atoms with Gasteiger partial charge in [-0.15, -0.1) is 0 Å². The van der Waals surface area contributed by atoms with Gasteiger partial charge in [-0.1, -0.05) is 28.1 Å². The van der Waals surface area contributed by atoms with Gasteiger partial charge in [0, 0.05) is 17.2 Å². The fourth-order valence-corrected chi connectivity index (χ4v) is 1.75. The van der Waals surface area contributed by atoms with Crippen molar-refractivity contribution in [1.29, 1.82) is 0 Å². The van der Waals surface area contributed by atoms with Crippen LogP contribution in [-0.2, 0) is 13.1 Å². The number of aliphatic hydroxyl groups excluding tert-OH is 1. The molecule has 2 aromatic rings. The number of benzene rings is 1. The average molecular weight is 296 g/mol. The SMILES string of the molecule is OCCn1cc(NCc2ccc(Br)cc2)cn1. The maximum atomic E-state index is 8.78. The van der Waals surface area contributed by atoms with Crippen molar-refractivity contribution in [2.75, 3.05) is 11.9 Å². The van der Waals surface area contributed by atoms with Crippen LogP contribution in [0.25, 0.3) is 0 Å². The predicted molar refractivity (Wildman–Crippen MR) is 70.8 cm³/mol. The molecule has 1 heterocycles. The van der Waals surface area contributed by atoms with E-state index in [2.05, 4.69) is 38.5 Å². The number of rotatable bonds is 5. The van der Waals surface area contributed by atoms with Gasteiger partial charge in [0.2, 0.25) is 0 Å². The number of aromatic nitrogens is 2. The zero-order valence-electron chi connectivity index (χ0n) is 9.31. The molecule has 0 unspecified atom stereocenters. The molecule has 90 valence electrons. The van der Waals surface area contributed by atoms with Crippen LogP contribution in [0.3, 0.4) is 0 Å². The number of hydrogen-bond donors (Lipinski definition) is 2. The number of halogens is 1. The van der Waals surface area contributed by atoms with Crippen LogP contribution in [0.2, 0.25) is 0 Å². The molecule has 0 fully saturated rings. The molecule has 0 saturated carbocycles. The topological polar surface area (TPSA) is 50.1 Å². The third-order valence-electron chi connectivity index (χ3n) is 2.37. The second-order valence-electron chi connectivity index (χ2n) is 3.70. The molecule has 0 aliphatic carbocycles. The van der Waals surface area contributed by atoms with Crippen molar-refractivity contribution in [3.63, 3.8) is 0 Å². The predicted octanol–water partition coefficient (Wildman–Crippen LogP) is 2.25. The van der Waals surface area contributed by atoms with E-state index in [0.29, 0.717) is 6.54 Å². The van der Waals surface area contributed by atoms with Crippen LogP contribution < -0.4 is 5.32 Å². The monoisotopic (exact) mass is 295 g/mol. The molecule has 0 aliphatic heterocycles. The minimum absolute atomic E-state index is 0.105. The summed E-state index contributed by atoms with van der Waals surface area (Å²) in [6.45, 7) is 1.39. The van der Waals surface area contributed by atoms with Crippen molar-refractivity contribution in [2.24, 2.45) is 0 Å². The molecule has 0 aliphatic rings. The highest BCUT2D eigenvalue weighted by molar-refractivity contribution is 9.10. The fourth-order valence-electron chi connectivity index (χ4n) is 1.49. The summed E-state index contributed by atoms with van der Waals surface area (Å²) in [5.41, 5.74) is 2.17. The Hall–Kier alpha value is -1.33. The summed E-state index contributed by atoms with van der Waals surface area (Å²) in [5, 5.41) is 16.2. The van der Waals surface area contributed by atoms with Crippen molar-refractivity contribution < 1.29 is 5.11 Å². The Morgan fingerprint density at radius 2 is 2.06 bits per heavy atom. The van der Waals surface area contributed by atoms with E-state index in [4.69, 9.17) is 5.11 Å². The van der Waals surface area contributed by atoms with E-state index >= 15 is 0 Å². The Morgan fingerprint density at radius 1 is 1.29 bits per heavy atom. The third-order valence-corrected chi connectivity index (χ3v) is 2.90. The second kappa shape index (κ2) is 5.84. The highest BCUT2D eigenvalue weighted by Gasteiger charge is 1.98. The third kappa shape index (κ3) is 3.57. The number of nitrogens with one attached hydrogen (secondary N) is 1. The van der Waals surface area contributed by atoms with E-state index in [1.807, 2.05) is 18.3 Å². The van der Waals surface area contributed by atoms with Crippen LogP contribution in [0, 0.1) is 0 Å². The minimum Gasteiger partial charge on any atom is -0.394 e. The maximum Gasteiger partial charge on any atom is 0.0729 e. The van der Waals surface area contributed by atoms with E-state index in [1.54, 1.807) is 10.9 Å². The molecule has 17 heavy (non-hydrogen) atoms. The van der Waals surface area contributed by atoms with Gasteiger partial charge in [-0.2, -0.15) is 5.10 Å². The highest BCUT2D eigenvalue weighted by atomic mass is 79.9. The number of hydrogen-bond acceptors (Lipinski definition) is 3. The summed E-state index contributed by atoms with van der Waals surface area (Å²) in [6.07, 6.45) is 3.64. The van der Waals surface area contributed by atoms with Gasteiger partial charge in [-0.3, -0.25) is 4.68 Å². The summed E-state index contributed by atoms with van der Waals surface area (Å²) in [6, 6.07) is 8.17. The largest absolute Gasteiger partial charge is 0.394 e. The molecule has 1 aromatic carbocycles. The lowest BCUT2D eigenvalue weighted by Crippen LogP contribution is -2.02. The molecule has 0 atom stereocenters. The molecule has 5 heteroatoms. The summed E-state index contributed by atoms with van der Waals surface area (Å²) >= 11 is 3.40. The average Bonchev–Trinajstić information content (AvgIpc) is 2.77. The lowest BCUT2D eigenvalue weighted by molar-refractivity contribution is 0.269. The van der Waals surface area contributed by atoms with Gasteiger partial charge in [0.15, 0.2) is 0 Å². The number of nitrogens with zero attached hydrogens (tertiary/aromatic N) is 2. The molecule has 0 saturated heterocycles. The molecule has 0 amide bonds. The van der Waals surface area contributed by atoms with Gasteiger partial charge in [0.05, 0.1) is 25.0 Å². The van der Waals surface area contributed by atoms with Gasteiger partial charge in [-0.05, 0) is 17.7 Å². The molecule has 0 spiro atoms. The Labute approximate surface area is 108 Å². The Balaban J connectivity index is 1.90. The first kappa shape index (κ1) is 12.1. The van der Waals surface area contributed by atoms with Crippen LogP contribution in [0.15, 0.2) is 41.1 Å². The first-order chi connectivity index (χ1) is 8.28. The number of aliphatic hydroxyl groups is 1. The van der Waals surface area contributed by atoms with E-state index in [0.717, 1.165) is 16.7 Å². The molecule has 4 nitrogen and oxygen atoms in total. The summed E-state index contributed by atoms with van der Waals surface area (Å²) in [5.74, 6) is 0. The first-order valence-electron chi connectivity index (χ1n) is 5.39. The zero-order chi connectivity index (χ0) is 12.1. The Bertz CT molecular complexity index is 467. The van der Waals surface area contributed by atoms with E-state index in [1.165, 1.54) is 5.56 Å². The van der Waals surface area contributed by atoms with Crippen LogP contribution >= 0.6 is 15.9 Å². The van der Waals surface area contributed by atoms with Crippen LogP contribution in [0.5, 0.6) is 0 Å². The van der Waals surface area contributed by atoms with E-state index in [-0.39, 0.29) is 6.61 Å².